The highest BCUT2D eigenvalue weighted by Gasteiger charge is 2.22. The fourth-order valence-corrected chi connectivity index (χ4v) is 2.46. The summed E-state index contributed by atoms with van der Waals surface area (Å²) >= 11 is 4.44. The summed E-state index contributed by atoms with van der Waals surface area (Å²) in [6.45, 7) is -0.499. The summed E-state index contributed by atoms with van der Waals surface area (Å²) in [5.41, 5.74) is 0. The highest BCUT2D eigenvalue weighted by Crippen LogP contribution is 2.22. The van der Waals surface area contributed by atoms with Gasteiger partial charge in [0.2, 0.25) is 0 Å². The standard InChI is InChI=1S/C9H10BrNO4S/c1-15-9(14)6(4-12)11-8(13)7-5(10)2-3-16-7/h2-3,6,12H,4H2,1H3,(H,11,13). The average Bonchev–Trinajstić information content (AvgIpc) is 2.71. The van der Waals surface area contributed by atoms with E-state index in [4.69, 9.17) is 5.11 Å². The summed E-state index contributed by atoms with van der Waals surface area (Å²) in [7, 11) is 1.19. The lowest BCUT2D eigenvalue weighted by molar-refractivity contribution is -0.143. The Labute approximate surface area is 105 Å². The van der Waals surface area contributed by atoms with Crippen LogP contribution in [0, 0.1) is 0 Å². The Hall–Kier alpha value is -0.920. The molecule has 1 heterocycles. The van der Waals surface area contributed by atoms with E-state index < -0.39 is 24.5 Å². The quantitative estimate of drug-likeness (QED) is 0.806. The van der Waals surface area contributed by atoms with Gasteiger partial charge in [-0.15, -0.1) is 11.3 Å². The lowest BCUT2D eigenvalue weighted by atomic mass is 10.3. The zero-order valence-corrected chi connectivity index (χ0v) is 10.8. The first-order valence-electron chi connectivity index (χ1n) is 4.32. The van der Waals surface area contributed by atoms with E-state index >= 15 is 0 Å². The number of hydrogen-bond acceptors (Lipinski definition) is 5. The van der Waals surface area contributed by atoms with Crippen LogP contribution in [0.25, 0.3) is 0 Å². The lowest BCUT2D eigenvalue weighted by Gasteiger charge is -2.13. The molecule has 0 spiro atoms. The maximum Gasteiger partial charge on any atom is 0.330 e. The third kappa shape index (κ3) is 3.03. The molecule has 1 rings (SSSR count). The molecule has 0 aliphatic carbocycles. The van der Waals surface area contributed by atoms with Crippen LogP contribution in [0.4, 0.5) is 0 Å². The zero-order chi connectivity index (χ0) is 12.1. The molecule has 1 aromatic heterocycles. The Kier molecular flexibility index (Phi) is 4.91. The smallest absolute Gasteiger partial charge is 0.330 e. The van der Waals surface area contributed by atoms with Crippen molar-refractivity contribution in [2.24, 2.45) is 0 Å². The van der Waals surface area contributed by atoms with Crippen LogP contribution in [-0.2, 0) is 9.53 Å². The first kappa shape index (κ1) is 13.1. The van der Waals surface area contributed by atoms with Gasteiger partial charge < -0.3 is 15.2 Å². The maximum absolute atomic E-state index is 11.7. The molecule has 16 heavy (non-hydrogen) atoms. The molecule has 1 amide bonds. The Balaban J connectivity index is 2.70. The van der Waals surface area contributed by atoms with Crippen LogP contribution in [0.15, 0.2) is 15.9 Å². The molecule has 1 atom stereocenters. The molecule has 0 aliphatic heterocycles. The van der Waals surface area contributed by atoms with E-state index in [-0.39, 0.29) is 0 Å². The van der Waals surface area contributed by atoms with E-state index in [9.17, 15) is 9.59 Å². The number of nitrogens with one attached hydrogen (secondary N) is 1. The van der Waals surface area contributed by atoms with Crippen molar-refractivity contribution in [3.8, 4) is 0 Å². The predicted molar refractivity (Wildman–Crippen MR) is 62.4 cm³/mol. The number of halogens is 1. The van der Waals surface area contributed by atoms with Crippen molar-refractivity contribution in [1.82, 2.24) is 5.32 Å². The number of amides is 1. The van der Waals surface area contributed by atoms with E-state index in [1.165, 1.54) is 18.4 Å². The van der Waals surface area contributed by atoms with Gasteiger partial charge in [0, 0.05) is 4.47 Å². The molecule has 0 aromatic carbocycles. The van der Waals surface area contributed by atoms with Crippen LogP contribution in [0.3, 0.4) is 0 Å². The monoisotopic (exact) mass is 307 g/mol. The molecule has 0 saturated heterocycles. The molecule has 0 radical (unpaired) electrons. The maximum atomic E-state index is 11.7. The normalized spacial score (nSPS) is 11.9. The highest BCUT2D eigenvalue weighted by atomic mass is 79.9. The van der Waals surface area contributed by atoms with Crippen LogP contribution in [0.2, 0.25) is 0 Å². The van der Waals surface area contributed by atoms with Gasteiger partial charge in [-0.25, -0.2) is 4.79 Å². The fraction of sp³-hybridized carbons (Fsp3) is 0.333. The largest absolute Gasteiger partial charge is 0.467 e. The van der Waals surface area contributed by atoms with Crippen molar-refractivity contribution < 1.29 is 19.4 Å². The number of aliphatic hydroxyl groups is 1. The Bertz CT molecular complexity index is 393. The Morgan fingerprint density at radius 2 is 2.38 bits per heavy atom. The molecule has 0 aliphatic rings. The minimum Gasteiger partial charge on any atom is -0.467 e. The summed E-state index contributed by atoms with van der Waals surface area (Å²) in [6.07, 6.45) is 0. The van der Waals surface area contributed by atoms with E-state index in [0.29, 0.717) is 9.35 Å². The molecule has 7 heteroatoms. The van der Waals surface area contributed by atoms with Gasteiger partial charge >= 0.3 is 5.97 Å². The second kappa shape index (κ2) is 5.97. The van der Waals surface area contributed by atoms with Crippen molar-refractivity contribution in [2.45, 2.75) is 6.04 Å². The molecular weight excluding hydrogens is 298 g/mol. The summed E-state index contributed by atoms with van der Waals surface area (Å²) in [5.74, 6) is -1.10. The van der Waals surface area contributed by atoms with Crippen molar-refractivity contribution in [1.29, 1.82) is 0 Å². The van der Waals surface area contributed by atoms with Gasteiger partial charge in [-0.1, -0.05) is 0 Å². The van der Waals surface area contributed by atoms with Gasteiger partial charge in [0.25, 0.3) is 5.91 Å². The SMILES string of the molecule is COC(=O)C(CO)NC(=O)c1sccc1Br. The van der Waals surface area contributed by atoms with Gasteiger partial charge in [0.05, 0.1) is 13.7 Å². The van der Waals surface area contributed by atoms with Crippen molar-refractivity contribution in [3.05, 3.63) is 20.8 Å². The fourth-order valence-electron chi connectivity index (χ4n) is 1.00. The van der Waals surface area contributed by atoms with Gasteiger partial charge in [0.15, 0.2) is 6.04 Å². The number of ether oxygens (including phenoxy) is 1. The second-order valence-electron chi connectivity index (χ2n) is 2.83. The number of methoxy groups -OCH3 is 1. The second-order valence-corrected chi connectivity index (χ2v) is 4.60. The number of thiophene rings is 1. The first-order chi connectivity index (χ1) is 7.60. The lowest BCUT2D eigenvalue weighted by Crippen LogP contribution is -2.43. The van der Waals surface area contributed by atoms with Gasteiger partial charge in [-0.3, -0.25) is 4.79 Å². The molecule has 1 unspecified atom stereocenters. The van der Waals surface area contributed by atoms with Crippen molar-refractivity contribution >= 4 is 39.1 Å². The molecule has 2 N–H and O–H groups in total. The summed E-state index contributed by atoms with van der Waals surface area (Å²) in [4.78, 5) is 23.2. The predicted octanol–water partition coefficient (Wildman–Crippen LogP) is 0.774. The number of esters is 1. The van der Waals surface area contributed by atoms with Gasteiger partial charge in [-0.05, 0) is 27.4 Å². The molecule has 0 bridgehead atoms. The first-order valence-corrected chi connectivity index (χ1v) is 6.00. The number of rotatable bonds is 4. The third-order valence-corrected chi connectivity index (χ3v) is 3.63. The van der Waals surface area contributed by atoms with E-state index in [0.717, 1.165) is 0 Å². The topological polar surface area (TPSA) is 75.6 Å². The highest BCUT2D eigenvalue weighted by molar-refractivity contribution is 9.10. The summed E-state index contributed by atoms with van der Waals surface area (Å²) < 4.78 is 5.08. The Morgan fingerprint density at radius 1 is 1.69 bits per heavy atom. The number of aliphatic hydroxyl groups excluding tert-OH is 1. The third-order valence-electron chi connectivity index (χ3n) is 1.80. The zero-order valence-electron chi connectivity index (χ0n) is 8.40. The molecule has 5 nitrogen and oxygen atoms in total. The van der Waals surface area contributed by atoms with Crippen LogP contribution in [-0.4, -0.2) is 36.7 Å². The molecule has 1 aromatic rings. The Morgan fingerprint density at radius 3 is 2.81 bits per heavy atom. The summed E-state index contributed by atoms with van der Waals surface area (Å²) in [6, 6.07) is 0.692. The van der Waals surface area contributed by atoms with Crippen molar-refractivity contribution in [3.63, 3.8) is 0 Å². The van der Waals surface area contributed by atoms with Crippen molar-refractivity contribution in [2.75, 3.05) is 13.7 Å². The van der Waals surface area contributed by atoms with Crippen LogP contribution < -0.4 is 5.32 Å². The van der Waals surface area contributed by atoms with Crippen LogP contribution >= 0.6 is 27.3 Å². The number of carbonyl (C=O) groups excluding carboxylic acids is 2. The number of carbonyl (C=O) groups is 2. The molecule has 88 valence electrons. The summed E-state index contributed by atoms with van der Waals surface area (Å²) in [5, 5.41) is 13.0. The minimum absolute atomic E-state index is 0.425. The minimum atomic E-state index is -1.04. The van der Waals surface area contributed by atoms with Crippen LogP contribution in [0.1, 0.15) is 9.67 Å². The van der Waals surface area contributed by atoms with Gasteiger partial charge in [0.1, 0.15) is 4.88 Å². The van der Waals surface area contributed by atoms with E-state index in [1.54, 1.807) is 11.4 Å². The van der Waals surface area contributed by atoms with E-state index in [1.807, 2.05) is 0 Å². The van der Waals surface area contributed by atoms with Gasteiger partial charge in [-0.2, -0.15) is 0 Å². The molecule has 0 fully saturated rings. The van der Waals surface area contributed by atoms with Crippen LogP contribution in [0.5, 0.6) is 0 Å². The molecule has 0 saturated carbocycles. The van der Waals surface area contributed by atoms with E-state index in [2.05, 4.69) is 26.0 Å². The number of hydrogen-bond donors (Lipinski definition) is 2. The average molecular weight is 308 g/mol. The molecular formula is C9H10BrNO4S.